The average molecular weight is 478 g/mol. The zero-order chi connectivity index (χ0) is 23.8. The number of nitrogens with one attached hydrogen (secondary N) is 3. The first kappa shape index (κ1) is 21.2. The van der Waals surface area contributed by atoms with Crippen LogP contribution in [0.15, 0.2) is 78.8 Å². The van der Waals surface area contributed by atoms with Gasteiger partial charge >= 0.3 is 0 Å². The maximum atomic E-state index is 4.63. The lowest BCUT2D eigenvalue weighted by molar-refractivity contribution is 0.913. The van der Waals surface area contributed by atoms with Gasteiger partial charge in [0.2, 0.25) is 0 Å². The van der Waals surface area contributed by atoms with Gasteiger partial charge in [0.25, 0.3) is 0 Å². The molecular formula is C27H23N7S. The monoisotopic (exact) mass is 477 g/mol. The van der Waals surface area contributed by atoms with Crippen LogP contribution in [0.25, 0.3) is 55.0 Å². The lowest BCUT2D eigenvalue weighted by Gasteiger charge is -2.09. The Kier molecular flexibility index (Phi) is 5.35. The zero-order valence-corrected chi connectivity index (χ0v) is 20.0. The number of pyridine rings is 3. The number of hydrogen-bond donors (Lipinski definition) is 3. The minimum atomic E-state index is 0.664. The van der Waals surface area contributed by atoms with Crippen molar-refractivity contribution in [1.29, 1.82) is 0 Å². The number of fused-ring (bicyclic) bond motifs is 2. The lowest BCUT2D eigenvalue weighted by atomic mass is 10.1. The third kappa shape index (κ3) is 3.98. The van der Waals surface area contributed by atoms with Gasteiger partial charge in [-0.05, 0) is 42.1 Å². The summed E-state index contributed by atoms with van der Waals surface area (Å²) in [5.74, 6) is 0. The van der Waals surface area contributed by atoms with Crippen molar-refractivity contribution in [3.8, 4) is 33.1 Å². The van der Waals surface area contributed by atoms with Crippen LogP contribution in [0.3, 0.4) is 0 Å². The standard InChI is InChI=1S/C27H23N7S/c1-3-5-16(2)31-19-10-17(13-28-15-19)18-11-21-25(33-34-27(21)30-14-18)23-12-20-22(32-23)7-8-29-26(20)24-6-4-9-35-24/h4,6-15,31-32H,2-3,5H2,1H3,(H,30,33,34). The minimum Gasteiger partial charge on any atom is -0.358 e. The number of aromatic amines is 2. The van der Waals surface area contributed by atoms with Crippen LogP contribution in [-0.2, 0) is 0 Å². The number of H-pyrrole nitrogens is 2. The van der Waals surface area contributed by atoms with E-state index < -0.39 is 0 Å². The van der Waals surface area contributed by atoms with Gasteiger partial charge < -0.3 is 10.3 Å². The number of allylic oxidation sites excluding steroid dienone is 1. The normalized spacial score (nSPS) is 11.3. The SMILES string of the molecule is C=C(CCC)Nc1cncc(-c2cnc3n[nH]c(-c4cc5c(-c6cccs6)nccc5[nH]4)c3c2)c1. The lowest BCUT2D eigenvalue weighted by Crippen LogP contribution is -1.98. The fourth-order valence-corrected chi connectivity index (χ4v) is 5.03. The Bertz CT molecular complexity index is 1660. The summed E-state index contributed by atoms with van der Waals surface area (Å²) in [4.78, 5) is 18.3. The Morgan fingerprint density at radius 3 is 2.83 bits per heavy atom. The van der Waals surface area contributed by atoms with Crippen molar-refractivity contribution in [1.82, 2.24) is 30.1 Å². The minimum absolute atomic E-state index is 0.664. The van der Waals surface area contributed by atoms with Gasteiger partial charge in [-0.15, -0.1) is 11.3 Å². The van der Waals surface area contributed by atoms with Crippen LogP contribution in [-0.4, -0.2) is 30.1 Å². The predicted molar refractivity (Wildman–Crippen MR) is 143 cm³/mol. The first-order valence-electron chi connectivity index (χ1n) is 11.5. The van der Waals surface area contributed by atoms with E-state index in [0.717, 1.165) is 73.6 Å². The van der Waals surface area contributed by atoms with Gasteiger partial charge in [-0.3, -0.25) is 15.1 Å². The molecule has 0 saturated heterocycles. The molecule has 0 fully saturated rings. The van der Waals surface area contributed by atoms with Crippen molar-refractivity contribution in [3.05, 3.63) is 78.8 Å². The molecule has 0 radical (unpaired) electrons. The molecule has 0 aliphatic rings. The number of anilines is 1. The second-order valence-electron chi connectivity index (χ2n) is 8.42. The molecule has 8 heteroatoms. The molecule has 0 aromatic carbocycles. The van der Waals surface area contributed by atoms with E-state index in [1.54, 1.807) is 11.3 Å². The molecule has 0 amide bonds. The quantitative estimate of drug-likeness (QED) is 0.230. The Morgan fingerprint density at radius 2 is 1.97 bits per heavy atom. The van der Waals surface area contributed by atoms with E-state index in [1.807, 2.05) is 36.9 Å². The summed E-state index contributed by atoms with van der Waals surface area (Å²) in [5.41, 5.74) is 8.33. The van der Waals surface area contributed by atoms with Crippen molar-refractivity contribution in [2.45, 2.75) is 19.8 Å². The molecule has 7 nitrogen and oxygen atoms in total. The van der Waals surface area contributed by atoms with Crippen LogP contribution in [0.1, 0.15) is 19.8 Å². The molecule has 6 heterocycles. The van der Waals surface area contributed by atoms with Gasteiger partial charge in [0, 0.05) is 51.7 Å². The fraction of sp³-hybridized carbons (Fsp3) is 0.111. The molecule has 0 unspecified atom stereocenters. The molecule has 6 aromatic heterocycles. The molecule has 0 atom stereocenters. The van der Waals surface area contributed by atoms with E-state index in [4.69, 9.17) is 0 Å². The van der Waals surface area contributed by atoms with E-state index in [-0.39, 0.29) is 0 Å². The van der Waals surface area contributed by atoms with Crippen LogP contribution in [0.5, 0.6) is 0 Å². The number of hydrogen-bond acceptors (Lipinski definition) is 6. The Morgan fingerprint density at radius 1 is 1.06 bits per heavy atom. The van der Waals surface area contributed by atoms with Crippen molar-refractivity contribution in [2.24, 2.45) is 0 Å². The van der Waals surface area contributed by atoms with Crippen molar-refractivity contribution >= 4 is 39.0 Å². The second-order valence-corrected chi connectivity index (χ2v) is 9.36. The highest BCUT2D eigenvalue weighted by molar-refractivity contribution is 7.13. The fourth-order valence-electron chi connectivity index (χ4n) is 4.30. The van der Waals surface area contributed by atoms with Crippen LogP contribution in [0.2, 0.25) is 0 Å². The highest BCUT2D eigenvalue weighted by atomic mass is 32.1. The topological polar surface area (TPSA) is 95.2 Å². The third-order valence-electron chi connectivity index (χ3n) is 5.93. The maximum Gasteiger partial charge on any atom is 0.181 e. The van der Waals surface area contributed by atoms with Crippen molar-refractivity contribution in [2.75, 3.05) is 5.32 Å². The Hall–Kier alpha value is -4.30. The summed E-state index contributed by atoms with van der Waals surface area (Å²) < 4.78 is 0. The van der Waals surface area contributed by atoms with Crippen LogP contribution >= 0.6 is 11.3 Å². The van der Waals surface area contributed by atoms with Gasteiger partial charge in [0.1, 0.15) is 0 Å². The molecular weight excluding hydrogens is 454 g/mol. The molecule has 3 N–H and O–H groups in total. The summed E-state index contributed by atoms with van der Waals surface area (Å²) in [6.45, 7) is 6.23. The highest BCUT2D eigenvalue weighted by Crippen LogP contribution is 2.35. The number of aromatic nitrogens is 6. The van der Waals surface area contributed by atoms with Gasteiger partial charge in [-0.25, -0.2) is 4.98 Å². The molecule has 0 aliphatic carbocycles. The van der Waals surface area contributed by atoms with E-state index in [2.05, 4.69) is 78.6 Å². The van der Waals surface area contributed by atoms with Crippen molar-refractivity contribution in [3.63, 3.8) is 0 Å². The molecule has 172 valence electrons. The molecule has 6 aromatic rings. The molecule has 0 aliphatic heterocycles. The third-order valence-corrected chi connectivity index (χ3v) is 6.80. The molecule has 6 rings (SSSR count). The zero-order valence-electron chi connectivity index (χ0n) is 19.2. The van der Waals surface area contributed by atoms with Gasteiger partial charge in [0.05, 0.1) is 33.8 Å². The molecule has 0 bridgehead atoms. The van der Waals surface area contributed by atoms with E-state index in [1.165, 1.54) is 0 Å². The second kappa shape index (κ2) is 8.81. The van der Waals surface area contributed by atoms with Gasteiger partial charge in [-0.1, -0.05) is 26.0 Å². The maximum absolute atomic E-state index is 4.63. The van der Waals surface area contributed by atoms with Crippen LogP contribution in [0, 0.1) is 0 Å². The van der Waals surface area contributed by atoms with Crippen LogP contribution < -0.4 is 5.32 Å². The highest BCUT2D eigenvalue weighted by Gasteiger charge is 2.15. The Balaban J connectivity index is 1.40. The number of rotatable bonds is 7. The van der Waals surface area contributed by atoms with E-state index in [9.17, 15) is 0 Å². The number of nitrogens with zero attached hydrogens (tertiary/aromatic N) is 4. The smallest absolute Gasteiger partial charge is 0.181 e. The van der Waals surface area contributed by atoms with E-state index >= 15 is 0 Å². The summed E-state index contributed by atoms with van der Waals surface area (Å²) >= 11 is 1.68. The summed E-state index contributed by atoms with van der Waals surface area (Å²) in [6.07, 6.45) is 9.29. The average Bonchev–Trinajstić information content (AvgIpc) is 3.63. The summed E-state index contributed by atoms with van der Waals surface area (Å²) in [5, 5.41) is 15.0. The van der Waals surface area contributed by atoms with Crippen LogP contribution in [0.4, 0.5) is 5.69 Å². The molecule has 35 heavy (non-hydrogen) atoms. The first-order chi connectivity index (χ1) is 17.2. The summed E-state index contributed by atoms with van der Waals surface area (Å²) in [7, 11) is 0. The molecule has 0 saturated carbocycles. The largest absolute Gasteiger partial charge is 0.358 e. The number of thiophene rings is 1. The predicted octanol–water partition coefficient (Wildman–Crippen LogP) is 7.02. The van der Waals surface area contributed by atoms with Gasteiger partial charge in [0.15, 0.2) is 5.65 Å². The first-order valence-corrected chi connectivity index (χ1v) is 12.3. The van der Waals surface area contributed by atoms with Gasteiger partial charge in [-0.2, -0.15) is 5.10 Å². The van der Waals surface area contributed by atoms with E-state index in [0.29, 0.717) is 5.65 Å². The Labute approximate surface area is 206 Å². The summed E-state index contributed by atoms with van der Waals surface area (Å²) in [6, 6.07) is 12.4. The molecule has 0 spiro atoms. The van der Waals surface area contributed by atoms with Crippen molar-refractivity contribution < 1.29 is 0 Å².